The highest BCUT2D eigenvalue weighted by Crippen LogP contribution is 2.23. The van der Waals surface area contributed by atoms with Crippen molar-refractivity contribution in [3.05, 3.63) is 108 Å². The Kier molecular flexibility index (Phi) is 21.0. The number of benzene rings is 3. The Labute approximate surface area is 453 Å². The summed E-state index contributed by atoms with van der Waals surface area (Å²) in [5.41, 5.74) is 21.8. The van der Waals surface area contributed by atoms with Crippen LogP contribution in [-0.4, -0.2) is 116 Å². The number of amides is 6. The number of aliphatic carboxylic acids is 1. The maximum Gasteiger partial charge on any atom is 0.326 e. The van der Waals surface area contributed by atoms with Gasteiger partial charge in [0, 0.05) is 77.1 Å². The summed E-state index contributed by atoms with van der Waals surface area (Å²) >= 11 is 0. The number of carboxylic acid groups (broad SMARTS) is 1. The van der Waals surface area contributed by atoms with Crippen molar-refractivity contribution >= 4 is 80.1 Å². The van der Waals surface area contributed by atoms with Gasteiger partial charge in [-0.25, -0.2) is 4.79 Å². The molecule has 3 heterocycles. The number of hydrogen-bond acceptors (Lipinski definition) is 9. The first-order valence-electron chi connectivity index (χ1n) is 26.8. The number of para-hydroxylation sites is 3. The second kappa shape index (κ2) is 27.7. The van der Waals surface area contributed by atoms with Crippen molar-refractivity contribution in [2.24, 2.45) is 39.9 Å². The molecule has 3 aromatic heterocycles. The van der Waals surface area contributed by atoms with Gasteiger partial charge in [-0.15, -0.1) is 0 Å². The van der Waals surface area contributed by atoms with Gasteiger partial charge < -0.3 is 69.2 Å². The van der Waals surface area contributed by atoms with Gasteiger partial charge in [0.05, 0.1) is 6.04 Å². The molecule has 0 saturated heterocycles. The van der Waals surface area contributed by atoms with Crippen molar-refractivity contribution in [3.63, 3.8) is 0 Å². The second-order valence-electron chi connectivity index (χ2n) is 20.7. The minimum atomic E-state index is -1.33. The minimum Gasteiger partial charge on any atom is -0.480 e. The highest BCUT2D eigenvalue weighted by Gasteiger charge is 2.37. The Morgan fingerprint density at radius 3 is 1.29 bits per heavy atom. The molecule has 21 heteroatoms. The Bertz CT molecular complexity index is 3070. The molecule has 0 aliphatic rings. The highest BCUT2D eigenvalue weighted by atomic mass is 16.4. The van der Waals surface area contributed by atoms with Crippen LogP contribution in [-0.2, 0) is 52.8 Å². The zero-order valence-corrected chi connectivity index (χ0v) is 45.3. The van der Waals surface area contributed by atoms with E-state index in [1.165, 1.54) is 0 Å². The van der Waals surface area contributed by atoms with E-state index in [1.54, 1.807) is 32.4 Å². The lowest BCUT2D eigenvalue weighted by atomic mass is 9.94. The number of carboxylic acids is 1. The third-order valence-corrected chi connectivity index (χ3v) is 14.4. The van der Waals surface area contributed by atoms with E-state index in [4.69, 9.17) is 17.2 Å². The summed E-state index contributed by atoms with van der Waals surface area (Å²) < 4.78 is 0. The molecule has 0 fully saturated rings. The fourth-order valence-electron chi connectivity index (χ4n) is 9.52. The number of carbonyl (C=O) groups excluding carboxylic acids is 6. The van der Waals surface area contributed by atoms with E-state index < -0.39 is 95.5 Å². The van der Waals surface area contributed by atoms with E-state index in [1.807, 2.05) is 100 Å². The summed E-state index contributed by atoms with van der Waals surface area (Å²) in [6.07, 6.45) is 6.80. The lowest BCUT2D eigenvalue weighted by molar-refractivity contribution is -0.142. The average Bonchev–Trinajstić information content (AvgIpc) is 4.17. The standard InChI is InChI=1S/C57H77N13O8/c1-7-32(5)48(54(75)66-44(24-31(3)4)51(72)68-47(56(77)78)27-36-30-64-43-22-14-11-18-39(36)43)70-53(74)46(26-35-29-63-42-21-13-10-17-38(35)42)67-55(76)49(33(6)8-2)69-52(73)45(25-34-28-62-41-20-12-9-16-37(34)41)65-50(71)40(58)19-15-23-61-57(59)60/h9-14,16-18,20-22,28-33,40,44-49,62-64H,7-8,15,19,23-27,58H2,1-6H3,(H,65,71)(H,66,75)(H,67,76)(H,68,72)(H,69,73)(H,70,74)(H,77,78)(H4,59,60,61)/t32-,33-,40-,44-,45-,46-,47-,48-,49-/m0/s1. The van der Waals surface area contributed by atoms with Crippen LogP contribution in [0.4, 0.5) is 0 Å². The van der Waals surface area contributed by atoms with E-state index in [0.717, 1.165) is 38.3 Å². The molecule has 418 valence electrons. The Morgan fingerprint density at radius 1 is 0.526 bits per heavy atom. The van der Waals surface area contributed by atoms with Crippen LogP contribution in [0.15, 0.2) is 96.4 Å². The molecule has 0 spiro atoms. The number of nitrogens with zero attached hydrogens (tertiary/aromatic N) is 1. The fraction of sp³-hybridized carbons (Fsp3) is 0.439. The molecule has 6 rings (SSSR count). The van der Waals surface area contributed by atoms with Gasteiger partial charge in [0.25, 0.3) is 0 Å². The van der Waals surface area contributed by atoms with Gasteiger partial charge in [0.2, 0.25) is 35.4 Å². The molecule has 6 amide bonds. The van der Waals surface area contributed by atoms with Gasteiger partial charge in [-0.05, 0) is 71.9 Å². The minimum absolute atomic E-state index is 0.0232. The molecule has 3 aromatic carbocycles. The molecule has 21 nitrogen and oxygen atoms in total. The maximum atomic E-state index is 14.9. The molecule has 78 heavy (non-hydrogen) atoms. The smallest absolute Gasteiger partial charge is 0.326 e. The van der Waals surface area contributed by atoms with Crippen molar-refractivity contribution in [2.45, 2.75) is 135 Å². The van der Waals surface area contributed by atoms with Crippen LogP contribution in [0.5, 0.6) is 0 Å². The van der Waals surface area contributed by atoms with Crippen molar-refractivity contribution in [1.82, 2.24) is 46.9 Å². The molecule has 0 saturated carbocycles. The molecule has 0 aliphatic carbocycles. The number of aromatic amines is 3. The Hall–Kier alpha value is -8.20. The second-order valence-corrected chi connectivity index (χ2v) is 20.7. The summed E-state index contributed by atoms with van der Waals surface area (Å²) in [7, 11) is 0. The third-order valence-electron chi connectivity index (χ3n) is 14.4. The Balaban J connectivity index is 1.24. The summed E-state index contributed by atoms with van der Waals surface area (Å²) in [5, 5.41) is 29.7. The quantitative estimate of drug-likeness (QED) is 0.0183. The first kappa shape index (κ1) is 59.1. The molecule has 0 bridgehead atoms. The third kappa shape index (κ3) is 15.7. The Morgan fingerprint density at radius 2 is 0.897 bits per heavy atom. The molecule has 0 aliphatic heterocycles. The van der Waals surface area contributed by atoms with Crippen molar-refractivity contribution in [3.8, 4) is 0 Å². The molecule has 6 aromatic rings. The summed E-state index contributed by atoms with van der Waals surface area (Å²) in [4.78, 5) is 113. The number of nitrogens with two attached hydrogens (primary N) is 3. The normalized spacial score (nSPS) is 15.0. The van der Waals surface area contributed by atoms with Gasteiger partial charge in [-0.2, -0.15) is 0 Å². The first-order chi connectivity index (χ1) is 37.3. The number of aliphatic imine (C=N–C) groups is 1. The number of nitrogens with one attached hydrogen (secondary N) is 9. The maximum absolute atomic E-state index is 14.9. The van der Waals surface area contributed by atoms with Crippen LogP contribution >= 0.6 is 0 Å². The van der Waals surface area contributed by atoms with Gasteiger partial charge >= 0.3 is 5.97 Å². The number of H-pyrrole nitrogens is 3. The number of carbonyl (C=O) groups is 7. The van der Waals surface area contributed by atoms with E-state index in [2.05, 4.69) is 51.8 Å². The molecule has 0 radical (unpaired) electrons. The summed E-state index contributed by atoms with van der Waals surface area (Å²) in [5.74, 6) is -6.48. The van der Waals surface area contributed by atoms with Crippen LogP contribution in [0.1, 0.15) is 90.3 Å². The number of fused-ring (bicyclic) bond motifs is 3. The van der Waals surface area contributed by atoms with Crippen molar-refractivity contribution in [2.75, 3.05) is 6.54 Å². The predicted molar refractivity (Wildman–Crippen MR) is 301 cm³/mol. The number of rotatable bonds is 29. The first-order valence-corrected chi connectivity index (χ1v) is 26.8. The van der Waals surface area contributed by atoms with E-state index in [0.29, 0.717) is 30.4 Å². The zero-order valence-electron chi connectivity index (χ0n) is 45.3. The largest absolute Gasteiger partial charge is 0.480 e. The molecular weight excluding hydrogens is 995 g/mol. The van der Waals surface area contributed by atoms with Crippen LogP contribution in [0.3, 0.4) is 0 Å². The highest BCUT2D eigenvalue weighted by molar-refractivity contribution is 5.98. The summed E-state index contributed by atoms with van der Waals surface area (Å²) in [6, 6.07) is 13.9. The summed E-state index contributed by atoms with van der Waals surface area (Å²) in [6.45, 7) is 11.2. The lowest BCUT2D eigenvalue weighted by Crippen LogP contribution is -2.62. The molecule has 16 N–H and O–H groups in total. The van der Waals surface area contributed by atoms with Crippen LogP contribution in [0, 0.1) is 17.8 Å². The number of guanidine groups is 1. The predicted octanol–water partition coefficient (Wildman–Crippen LogP) is 3.67. The van der Waals surface area contributed by atoms with Gasteiger partial charge in [0.15, 0.2) is 5.96 Å². The molecule has 9 atom stereocenters. The monoisotopic (exact) mass is 1070 g/mol. The van der Waals surface area contributed by atoms with E-state index in [-0.39, 0.29) is 50.5 Å². The fourth-order valence-corrected chi connectivity index (χ4v) is 9.52. The topological polar surface area (TPSA) is 350 Å². The van der Waals surface area contributed by atoms with Crippen LogP contribution in [0.25, 0.3) is 32.7 Å². The lowest BCUT2D eigenvalue weighted by Gasteiger charge is -2.31. The SMILES string of the molecule is CC[C@H](C)[C@H](NC(=O)[C@H](Cc1c[nH]c2ccccc12)NC(=O)[C@@H](NC(=O)[C@H](Cc1c[nH]c2ccccc12)NC(=O)[C@@H](N)CCCN=C(N)N)[C@@H](C)CC)C(=O)N[C@@H](CC(C)C)C(=O)N[C@@H](Cc1c[nH]c2ccccc12)C(=O)O. The molecular formula is C57H77N13O8. The number of hydrogen-bond donors (Lipinski definition) is 13. The average molecular weight is 1070 g/mol. The van der Waals surface area contributed by atoms with Crippen LogP contribution < -0.4 is 49.1 Å². The van der Waals surface area contributed by atoms with Crippen molar-refractivity contribution in [1.29, 1.82) is 0 Å². The van der Waals surface area contributed by atoms with Gasteiger partial charge in [0.1, 0.15) is 36.3 Å². The zero-order chi connectivity index (χ0) is 56.6. The van der Waals surface area contributed by atoms with Gasteiger partial charge in [-0.1, -0.05) is 109 Å². The van der Waals surface area contributed by atoms with E-state index >= 15 is 0 Å². The molecule has 0 unspecified atom stereocenters. The van der Waals surface area contributed by atoms with Crippen LogP contribution in [0.2, 0.25) is 0 Å². The number of aromatic nitrogens is 3. The van der Waals surface area contributed by atoms with Gasteiger partial charge in [-0.3, -0.25) is 33.8 Å². The van der Waals surface area contributed by atoms with Crippen molar-refractivity contribution < 1.29 is 38.7 Å². The van der Waals surface area contributed by atoms with E-state index in [9.17, 15) is 38.7 Å².